The van der Waals surface area contributed by atoms with Gasteiger partial charge in [-0.1, -0.05) is 24.3 Å². The SMILES string of the molecule is Cc1cc(CNC(=O)/C=C\c2ccc(C(F)(F)F)nc2-c2cccc(F)c2)cc(F)c1NS(C)(=O)=O. The minimum atomic E-state index is -4.72. The van der Waals surface area contributed by atoms with Gasteiger partial charge in [0, 0.05) is 23.7 Å². The maximum atomic E-state index is 14.3. The Morgan fingerprint density at radius 2 is 1.81 bits per heavy atom. The highest BCUT2D eigenvalue weighted by Gasteiger charge is 2.33. The smallest absolute Gasteiger partial charge is 0.348 e. The molecule has 12 heteroatoms. The first-order chi connectivity index (χ1) is 16.7. The van der Waals surface area contributed by atoms with E-state index in [4.69, 9.17) is 0 Å². The lowest BCUT2D eigenvalue weighted by Crippen LogP contribution is -2.20. The van der Waals surface area contributed by atoms with Crippen molar-refractivity contribution in [3.63, 3.8) is 0 Å². The lowest BCUT2D eigenvalue weighted by molar-refractivity contribution is -0.141. The maximum Gasteiger partial charge on any atom is 0.433 e. The Kier molecular flexibility index (Phi) is 7.77. The van der Waals surface area contributed by atoms with Crippen LogP contribution in [0.5, 0.6) is 0 Å². The molecule has 0 bridgehead atoms. The number of carbonyl (C=O) groups is 1. The second-order valence-electron chi connectivity index (χ2n) is 7.84. The molecule has 0 spiro atoms. The zero-order chi connectivity index (χ0) is 26.7. The number of hydrogen-bond acceptors (Lipinski definition) is 4. The van der Waals surface area contributed by atoms with Gasteiger partial charge >= 0.3 is 6.18 Å². The molecule has 0 fully saturated rings. The summed E-state index contributed by atoms with van der Waals surface area (Å²) in [7, 11) is -3.69. The summed E-state index contributed by atoms with van der Waals surface area (Å²) in [5.41, 5.74) is -0.656. The molecule has 0 aliphatic heterocycles. The summed E-state index contributed by atoms with van der Waals surface area (Å²) in [6.45, 7) is 1.38. The number of carbonyl (C=O) groups excluding carboxylic acids is 1. The van der Waals surface area contributed by atoms with Gasteiger partial charge in [-0.3, -0.25) is 9.52 Å². The highest BCUT2D eigenvalue weighted by Crippen LogP contribution is 2.32. The molecule has 0 saturated heterocycles. The van der Waals surface area contributed by atoms with Gasteiger partial charge in [0.25, 0.3) is 0 Å². The number of rotatable bonds is 7. The van der Waals surface area contributed by atoms with Crippen LogP contribution in [0.15, 0.2) is 54.6 Å². The third kappa shape index (κ3) is 7.11. The molecule has 0 unspecified atom stereocenters. The molecular formula is C24H20F5N3O3S. The van der Waals surface area contributed by atoms with E-state index in [0.717, 1.165) is 42.7 Å². The second-order valence-corrected chi connectivity index (χ2v) is 9.59. The molecule has 1 heterocycles. The summed E-state index contributed by atoms with van der Waals surface area (Å²) in [5, 5.41) is 2.50. The maximum absolute atomic E-state index is 14.3. The Balaban J connectivity index is 1.80. The highest BCUT2D eigenvalue weighted by molar-refractivity contribution is 7.92. The van der Waals surface area contributed by atoms with Crippen molar-refractivity contribution in [1.29, 1.82) is 0 Å². The van der Waals surface area contributed by atoms with Crippen molar-refractivity contribution < 1.29 is 35.2 Å². The van der Waals surface area contributed by atoms with Crippen molar-refractivity contribution in [2.45, 2.75) is 19.6 Å². The third-order valence-electron chi connectivity index (χ3n) is 4.83. The summed E-state index contributed by atoms with van der Waals surface area (Å²) in [6, 6.07) is 9.29. The summed E-state index contributed by atoms with van der Waals surface area (Å²) >= 11 is 0. The number of pyridine rings is 1. The molecule has 1 amide bonds. The number of halogens is 5. The van der Waals surface area contributed by atoms with Crippen LogP contribution in [0.4, 0.5) is 27.6 Å². The van der Waals surface area contributed by atoms with E-state index < -0.39 is 39.4 Å². The van der Waals surface area contributed by atoms with Crippen LogP contribution in [-0.2, 0) is 27.5 Å². The van der Waals surface area contributed by atoms with E-state index >= 15 is 0 Å². The molecule has 0 radical (unpaired) electrons. The monoisotopic (exact) mass is 525 g/mol. The number of aromatic nitrogens is 1. The summed E-state index contributed by atoms with van der Waals surface area (Å²) in [5.74, 6) is -2.13. The van der Waals surface area contributed by atoms with Crippen molar-refractivity contribution in [2.24, 2.45) is 0 Å². The molecule has 190 valence electrons. The number of aryl methyl sites for hydroxylation is 1. The molecule has 3 rings (SSSR count). The molecule has 2 aromatic carbocycles. The van der Waals surface area contributed by atoms with Crippen LogP contribution in [0.1, 0.15) is 22.4 Å². The van der Waals surface area contributed by atoms with E-state index in [9.17, 15) is 35.2 Å². The Labute approximate surface area is 203 Å². The number of amides is 1. The van der Waals surface area contributed by atoms with E-state index in [1.165, 1.54) is 31.2 Å². The van der Waals surface area contributed by atoms with Crippen molar-refractivity contribution in [2.75, 3.05) is 11.0 Å². The molecule has 1 aromatic heterocycles. The number of anilines is 1. The van der Waals surface area contributed by atoms with Gasteiger partial charge in [0.2, 0.25) is 15.9 Å². The molecular weight excluding hydrogens is 505 g/mol. The molecule has 2 N–H and O–H groups in total. The fourth-order valence-corrected chi connectivity index (χ4v) is 3.90. The molecule has 3 aromatic rings. The van der Waals surface area contributed by atoms with Gasteiger partial charge in [0.15, 0.2) is 0 Å². The standard InChI is InChI=1S/C24H20F5N3O3S/c1-14-10-15(11-19(26)22(14)32-36(2,34)35)13-30-21(33)9-7-16-6-8-20(24(27,28)29)31-23(16)17-4-3-5-18(25)12-17/h3-12,32H,13H2,1-2H3,(H,30,33)/b9-7-. The van der Waals surface area contributed by atoms with Crippen LogP contribution in [0, 0.1) is 18.6 Å². The summed E-state index contributed by atoms with van der Waals surface area (Å²) in [6.07, 6.45) is -1.55. The van der Waals surface area contributed by atoms with Gasteiger partial charge in [0.1, 0.15) is 17.3 Å². The Morgan fingerprint density at radius 1 is 1.08 bits per heavy atom. The van der Waals surface area contributed by atoms with Crippen LogP contribution in [-0.4, -0.2) is 25.6 Å². The van der Waals surface area contributed by atoms with E-state index in [-0.39, 0.29) is 29.1 Å². The first-order valence-corrected chi connectivity index (χ1v) is 12.2. The molecule has 36 heavy (non-hydrogen) atoms. The van der Waals surface area contributed by atoms with E-state index in [2.05, 4.69) is 15.0 Å². The van der Waals surface area contributed by atoms with Crippen LogP contribution >= 0.6 is 0 Å². The summed E-state index contributed by atoms with van der Waals surface area (Å²) < 4.78 is 92.3. The minimum absolute atomic E-state index is 0.0925. The highest BCUT2D eigenvalue weighted by atomic mass is 32.2. The quantitative estimate of drug-likeness (QED) is 0.334. The Hall–Kier alpha value is -3.80. The van der Waals surface area contributed by atoms with Crippen LogP contribution in [0.25, 0.3) is 17.3 Å². The predicted molar refractivity (Wildman–Crippen MR) is 125 cm³/mol. The van der Waals surface area contributed by atoms with Gasteiger partial charge in [-0.25, -0.2) is 22.2 Å². The molecule has 0 atom stereocenters. The average Bonchev–Trinajstić information content (AvgIpc) is 2.77. The first kappa shape index (κ1) is 26.8. The normalized spacial score (nSPS) is 12.1. The number of nitrogens with zero attached hydrogens (tertiary/aromatic N) is 1. The zero-order valence-corrected chi connectivity index (χ0v) is 19.8. The lowest BCUT2D eigenvalue weighted by Gasteiger charge is -2.12. The first-order valence-electron chi connectivity index (χ1n) is 10.3. The van der Waals surface area contributed by atoms with E-state index in [0.29, 0.717) is 11.1 Å². The van der Waals surface area contributed by atoms with Crippen molar-refractivity contribution in [3.8, 4) is 11.3 Å². The van der Waals surface area contributed by atoms with Crippen LogP contribution in [0.2, 0.25) is 0 Å². The van der Waals surface area contributed by atoms with Crippen LogP contribution in [0.3, 0.4) is 0 Å². The predicted octanol–water partition coefficient (Wildman–Crippen LogP) is 5.06. The number of alkyl halides is 3. The van der Waals surface area contributed by atoms with Crippen LogP contribution < -0.4 is 10.0 Å². The van der Waals surface area contributed by atoms with Crippen molar-refractivity contribution >= 4 is 27.7 Å². The number of benzene rings is 2. The fourth-order valence-electron chi connectivity index (χ4n) is 3.27. The summed E-state index contributed by atoms with van der Waals surface area (Å²) in [4.78, 5) is 15.9. The third-order valence-corrected chi connectivity index (χ3v) is 5.41. The lowest BCUT2D eigenvalue weighted by atomic mass is 10.0. The zero-order valence-electron chi connectivity index (χ0n) is 19.0. The number of hydrogen-bond donors (Lipinski definition) is 2. The average molecular weight is 525 g/mol. The van der Waals surface area contributed by atoms with Gasteiger partial charge in [-0.05, 0) is 48.4 Å². The Morgan fingerprint density at radius 3 is 2.42 bits per heavy atom. The minimum Gasteiger partial charge on any atom is -0.348 e. The molecule has 0 aliphatic carbocycles. The number of sulfonamides is 1. The van der Waals surface area contributed by atoms with Crippen molar-refractivity contribution in [1.82, 2.24) is 10.3 Å². The molecule has 6 nitrogen and oxygen atoms in total. The molecule has 0 saturated carbocycles. The topological polar surface area (TPSA) is 88.2 Å². The van der Waals surface area contributed by atoms with Gasteiger partial charge < -0.3 is 5.32 Å². The van der Waals surface area contributed by atoms with E-state index in [1.807, 2.05) is 0 Å². The van der Waals surface area contributed by atoms with Crippen molar-refractivity contribution in [3.05, 3.63) is 88.6 Å². The van der Waals surface area contributed by atoms with Gasteiger partial charge in [-0.2, -0.15) is 13.2 Å². The largest absolute Gasteiger partial charge is 0.433 e. The van der Waals surface area contributed by atoms with E-state index in [1.54, 1.807) is 0 Å². The molecule has 0 aliphatic rings. The number of nitrogens with one attached hydrogen (secondary N) is 2. The Bertz CT molecular complexity index is 1410. The fraction of sp³-hybridized carbons (Fsp3) is 0.167. The second kappa shape index (κ2) is 10.4. The van der Waals surface area contributed by atoms with Gasteiger partial charge in [0.05, 0.1) is 17.6 Å². The van der Waals surface area contributed by atoms with Gasteiger partial charge in [-0.15, -0.1) is 0 Å².